The molecule has 3 aliphatic carbocycles. The molecular weight excluding hydrogens is 474 g/mol. The van der Waals surface area contributed by atoms with Crippen molar-refractivity contribution in [3.63, 3.8) is 0 Å². The SMILES string of the molecule is Cc1c(C)c2c([c]([Zr+2]=[C]3CCCCC3)c1C1=CC=CC1)Cc1ccccc1-2.[Cl-].[Cl-]. The molecule has 0 amide bonds. The molecule has 0 atom stereocenters. The number of benzene rings is 2. The molecule has 0 radical (unpaired) electrons. The van der Waals surface area contributed by atoms with Gasteiger partial charge >= 0.3 is 175 Å². The third kappa shape index (κ3) is 4.08. The van der Waals surface area contributed by atoms with Crippen molar-refractivity contribution < 1.29 is 47.6 Å². The Labute approximate surface area is 198 Å². The van der Waals surface area contributed by atoms with Gasteiger partial charge in [-0.1, -0.05) is 0 Å². The Balaban J connectivity index is 0.00000120. The summed E-state index contributed by atoms with van der Waals surface area (Å²) < 4.78 is 3.78. The Bertz CT molecular complexity index is 1020. The summed E-state index contributed by atoms with van der Waals surface area (Å²) in [5.74, 6) is 0. The van der Waals surface area contributed by atoms with Gasteiger partial charge in [-0.3, -0.25) is 0 Å². The topological polar surface area (TPSA) is 0 Å². The van der Waals surface area contributed by atoms with Crippen molar-refractivity contribution in [1.82, 2.24) is 0 Å². The van der Waals surface area contributed by atoms with E-state index in [4.69, 9.17) is 0 Å². The van der Waals surface area contributed by atoms with E-state index in [2.05, 4.69) is 56.3 Å². The van der Waals surface area contributed by atoms with Crippen LogP contribution >= 0.6 is 0 Å². The molecule has 0 heterocycles. The van der Waals surface area contributed by atoms with Crippen molar-refractivity contribution in [2.24, 2.45) is 0 Å². The average Bonchev–Trinajstić information content (AvgIpc) is 3.35. The van der Waals surface area contributed by atoms with Crippen LogP contribution < -0.4 is 28.1 Å². The van der Waals surface area contributed by atoms with Crippen LogP contribution in [-0.2, 0) is 29.2 Å². The van der Waals surface area contributed by atoms with Crippen LogP contribution in [0.4, 0.5) is 0 Å². The summed E-state index contributed by atoms with van der Waals surface area (Å²) in [4.78, 5) is 0. The first kappa shape index (κ1) is 22.9. The quantitative estimate of drug-likeness (QED) is 0.467. The fraction of sp³-hybridized carbons (Fsp3) is 0.346. The summed E-state index contributed by atoms with van der Waals surface area (Å²) in [5, 5.41) is 0. The summed E-state index contributed by atoms with van der Waals surface area (Å²) in [6, 6.07) is 9.14. The van der Waals surface area contributed by atoms with Crippen LogP contribution in [0.25, 0.3) is 16.7 Å². The third-order valence-electron chi connectivity index (χ3n) is 6.67. The maximum atomic E-state index is 2.39. The van der Waals surface area contributed by atoms with E-state index in [9.17, 15) is 0 Å². The van der Waals surface area contributed by atoms with Crippen molar-refractivity contribution in [2.75, 3.05) is 0 Å². The molecule has 3 aliphatic rings. The number of hydrogen-bond donors (Lipinski definition) is 0. The zero-order valence-electron chi connectivity index (χ0n) is 17.2. The predicted molar refractivity (Wildman–Crippen MR) is 114 cm³/mol. The molecule has 3 heteroatoms. The Hall–Kier alpha value is -0.747. The summed E-state index contributed by atoms with van der Waals surface area (Å²) in [6.07, 6.45) is 16.4. The van der Waals surface area contributed by atoms with Crippen LogP contribution in [0.1, 0.15) is 66.3 Å². The molecule has 0 nitrogen and oxygen atoms in total. The molecule has 1 saturated carbocycles. The maximum absolute atomic E-state index is 2.39. The minimum Gasteiger partial charge on any atom is -1.00 e. The molecule has 0 aliphatic heterocycles. The van der Waals surface area contributed by atoms with Crippen LogP contribution in [0.15, 0.2) is 42.5 Å². The zero-order chi connectivity index (χ0) is 18.4. The van der Waals surface area contributed by atoms with Crippen LogP contribution in [0, 0.1) is 13.8 Å². The Morgan fingerprint density at radius 2 is 1.59 bits per heavy atom. The second-order valence-electron chi connectivity index (χ2n) is 8.30. The van der Waals surface area contributed by atoms with E-state index in [1.807, 2.05) is 6.48 Å². The van der Waals surface area contributed by atoms with Crippen LogP contribution in [-0.4, -0.2) is 3.21 Å². The molecule has 0 spiro atoms. The van der Waals surface area contributed by atoms with Crippen molar-refractivity contribution >= 4 is 12.1 Å². The van der Waals surface area contributed by atoms with E-state index >= 15 is 0 Å². The smallest absolute Gasteiger partial charge is 1.00 e. The molecule has 0 bridgehead atoms. The molecule has 2 aromatic rings. The molecule has 0 aromatic heterocycles. The number of rotatable bonds is 2. The van der Waals surface area contributed by atoms with E-state index < -0.39 is 22.8 Å². The molecule has 149 valence electrons. The summed E-state index contributed by atoms with van der Waals surface area (Å²) in [5.41, 5.74) is 12.6. The summed E-state index contributed by atoms with van der Waals surface area (Å²) in [7, 11) is 0. The van der Waals surface area contributed by atoms with E-state index in [0.29, 0.717) is 0 Å². The van der Waals surface area contributed by atoms with E-state index in [0.717, 1.165) is 12.8 Å². The van der Waals surface area contributed by atoms with Crippen LogP contribution in [0.5, 0.6) is 0 Å². The standard InChI is InChI=1S/C20H17.C6H10.2ClH.Zr/c1-13-14(2)20-17(11-16-9-5-6-10-18(16)20)12-19(13)15-7-3-4-8-15;1-2-4-6-5-3-1;;;/h3-7,9-10H,8,11H2,1-2H3;1-5H2;2*1H;/q;;;;+2/p-2. The van der Waals surface area contributed by atoms with E-state index in [1.165, 1.54) is 43.2 Å². The fourth-order valence-electron chi connectivity index (χ4n) is 5.17. The van der Waals surface area contributed by atoms with Crippen LogP contribution in [0.3, 0.4) is 0 Å². The minimum atomic E-state index is -0.691. The minimum absolute atomic E-state index is 0. The van der Waals surface area contributed by atoms with Gasteiger partial charge in [-0.25, -0.2) is 0 Å². The van der Waals surface area contributed by atoms with Gasteiger partial charge in [0.2, 0.25) is 0 Å². The average molecular weight is 502 g/mol. The van der Waals surface area contributed by atoms with Gasteiger partial charge in [0, 0.05) is 0 Å². The fourth-order valence-corrected chi connectivity index (χ4v) is 9.58. The van der Waals surface area contributed by atoms with Gasteiger partial charge in [0.25, 0.3) is 0 Å². The van der Waals surface area contributed by atoms with Gasteiger partial charge in [-0.05, 0) is 0 Å². The molecule has 2 aromatic carbocycles. The van der Waals surface area contributed by atoms with Gasteiger partial charge in [0.1, 0.15) is 0 Å². The normalized spacial score (nSPS) is 16.3. The Morgan fingerprint density at radius 1 is 0.862 bits per heavy atom. The molecule has 1 fully saturated rings. The molecule has 0 saturated heterocycles. The number of hydrogen-bond acceptors (Lipinski definition) is 0. The molecule has 0 N–H and O–H groups in total. The number of allylic oxidation sites excluding steroid dienone is 4. The zero-order valence-corrected chi connectivity index (χ0v) is 21.2. The maximum Gasteiger partial charge on any atom is -1.00 e. The third-order valence-corrected chi connectivity index (χ3v) is 10.7. The molecular formula is C26H27Cl2Zr. The Kier molecular flexibility index (Phi) is 7.58. The van der Waals surface area contributed by atoms with Crippen LogP contribution in [0.2, 0.25) is 0 Å². The van der Waals surface area contributed by atoms with Crippen molar-refractivity contribution in [2.45, 2.75) is 58.8 Å². The van der Waals surface area contributed by atoms with Gasteiger partial charge in [0.05, 0.1) is 0 Å². The molecule has 29 heavy (non-hydrogen) atoms. The second kappa shape index (κ2) is 9.59. The largest absolute Gasteiger partial charge is 1.00 e. The number of halogens is 2. The predicted octanol–water partition coefficient (Wildman–Crippen LogP) is 0.0702. The van der Waals surface area contributed by atoms with Gasteiger partial charge < -0.3 is 24.8 Å². The van der Waals surface area contributed by atoms with Crippen molar-refractivity contribution in [1.29, 1.82) is 0 Å². The number of fused-ring (bicyclic) bond motifs is 3. The molecule has 0 unspecified atom stereocenters. The summed E-state index contributed by atoms with van der Waals surface area (Å²) in [6.45, 7) is 4.75. The Morgan fingerprint density at radius 3 is 2.31 bits per heavy atom. The molecule has 5 rings (SSSR count). The van der Waals surface area contributed by atoms with Gasteiger partial charge in [-0.2, -0.15) is 0 Å². The van der Waals surface area contributed by atoms with Crippen molar-refractivity contribution in [3.05, 3.63) is 70.3 Å². The van der Waals surface area contributed by atoms with Gasteiger partial charge in [-0.15, -0.1) is 0 Å². The first-order chi connectivity index (χ1) is 13.2. The second-order valence-corrected chi connectivity index (χ2v) is 11.9. The van der Waals surface area contributed by atoms with E-state index in [-0.39, 0.29) is 24.8 Å². The van der Waals surface area contributed by atoms with E-state index in [1.54, 1.807) is 33.4 Å². The first-order valence-electron chi connectivity index (χ1n) is 10.5. The van der Waals surface area contributed by atoms with Gasteiger partial charge in [0.15, 0.2) is 0 Å². The first-order valence-corrected chi connectivity index (χ1v) is 12.9. The van der Waals surface area contributed by atoms with Crippen molar-refractivity contribution in [3.8, 4) is 11.1 Å². The summed E-state index contributed by atoms with van der Waals surface area (Å²) >= 11 is -0.691. The monoisotopic (exact) mass is 499 g/mol.